The Morgan fingerprint density at radius 2 is 1.24 bits per heavy atom. The quantitative estimate of drug-likeness (QED) is 0.548. The average Bonchev–Trinajstić information content (AvgIpc) is 3.18. The molecule has 1 fully saturated rings. The van der Waals surface area contributed by atoms with Crippen molar-refractivity contribution in [2.45, 2.75) is 31.9 Å². The smallest absolute Gasteiger partial charge is 0.338 e. The molecule has 0 aliphatic carbocycles. The second-order valence-electron chi connectivity index (χ2n) is 7.55. The molecule has 0 bridgehead atoms. The zero-order valence-electron chi connectivity index (χ0n) is 16.7. The van der Waals surface area contributed by atoms with E-state index in [1.54, 1.807) is 6.07 Å². The van der Waals surface area contributed by atoms with Crippen LogP contribution in [0.4, 0.5) is 0 Å². The van der Waals surface area contributed by atoms with Gasteiger partial charge in [-0.15, -0.1) is 0 Å². The molecule has 29 heavy (non-hydrogen) atoms. The highest BCUT2D eigenvalue weighted by Crippen LogP contribution is 2.30. The van der Waals surface area contributed by atoms with E-state index >= 15 is 0 Å². The van der Waals surface area contributed by atoms with Crippen molar-refractivity contribution in [2.75, 3.05) is 13.1 Å². The first-order chi connectivity index (χ1) is 14.3. The minimum atomic E-state index is -0.199. The van der Waals surface area contributed by atoms with Crippen LogP contribution in [0.3, 0.4) is 0 Å². The first-order valence-electron chi connectivity index (χ1n) is 10.4. The van der Waals surface area contributed by atoms with Gasteiger partial charge < -0.3 is 4.74 Å². The number of likely N-dealkylation sites (tertiary alicyclic amines) is 1. The maximum absolute atomic E-state index is 10.8. The molecule has 2 heterocycles. The minimum absolute atomic E-state index is 0.199. The molecule has 148 valence electrons. The van der Waals surface area contributed by atoms with Crippen LogP contribution >= 0.6 is 0 Å². The van der Waals surface area contributed by atoms with Crippen LogP contribution in [0.1, 0.15) is 52.4 Å². The van der Waals surface area contributed by atoms with Gasteiger partial charge in [0.05, 0.1) is 11.6 Å². The van der Waals surface area contributed by atoms with Crippen LogP contribution in [0.5, 0.6) is 0 Å². The van der Waals surface area contributed by atoms with Crippen LogP contribution in [-0.2, 0) is 11.3 Å². The van der Waals surface area contributed by atoms with Gasteiger partial charge in [0.25, 0.3) is 0 Å². The van der Waals surface area contributed by atoms with Crippen molar-refractivity contribution >= 4 is 5.97 Å². The van der Waals surface area contributed by atoms with Crippen LogP contribution < -0.4 is 0 Å². The number of fused-ring (bicyclic) bond motifs is 1. The van der Waals surface area contributed by atoms with Gasteiger partial charge in [0.1, 0.15) is 6.61 Å². The Labute approximate surface area is 172 Å². The predicted molar refractivity (Wildman–Crippen MR) is 116 cm³/mol. The number of benzene rings is 3. The van der Waals surface area contributed by atoms with Crippen LogP contribution in [0.2, 0.25) is 0 Å². The van der Waals surface area contributed by atoms with E-state index in [4.69, 9.17) is 4.74 Å². The van der Waals surface area contributed by atoms with Crippen molar-refractivity contribution in [1.29, 1.82) is 0 Å². The maximum Gasteiger partial charge on any atom is 0.338 e. The molecule has 0 unspecified atom stereocenters. The predicted octanol–water partition coefficient (Wildman–Crippen LogP) is 5.62. The molecule has 0 aromatic heterocycles. The summed E-state index contributed by atoms with van der Waals surface area (Å²) in [5.74, 6) is -0.199. The Kier molecular flexibility index (Phi) is 6.38. The van der Waals surface area contributed by atoms with E-state index in [0.29, 0.717) is 18.2 Å². The average molecular weight is 386 g/mol. The van der Waals surface area contributed by atoms with Gasteiger partial charge in [0.2, 0.25) is 0 Å². The Hall–Kier alpha value is -2.91. The second-order valence-corrected chi connectivity index (χ2v) is 7.55. The van der Waals surface area contributed by atoms with Crippen molar-refractivity contribution in [2.24, 2.45) is 0 Å². The summed E-state index contributed by atoms with van der Waals surface area (Å²) in [6, 6.07) is 29.7. The Morgan fingerprint density at radius 3 is 1.83 bits per heavy atom. The van der Waals surface area contributed by atoms with Crippen LogP contribution in [-0.4, -0.2) is 24.0 Å². The van der Waals surface area contributed by atoms with Gasteiger partial charge in [-0.3, -0.25) is 4.90 Å². The van der Waals surface area contributed by atoms with E-state index in [0.717, 1.165) is 5.56 Å². The largest absolute Gasteiger partial charge is 0.457 e. The van der Waals surface area contributed by atoms with Crippen molar-refractivity contribution in [1.82, 2.24) is 4.90 Å². The van der Waals surface area contributed by atoms with Crippen LogP contribution in [0.25, 0.3) is 0 Å². The number of piperidine rings is 1. The topological polar surface area (TPSA) is 29.5 Å². The summed E-state index contributed by atoms with van der Waals surface area (Å²) in [5, 5.41) is 0. The number of esters is 1. The number of carbonyl (C=O) groups is 1. The molecule has 0 spiro atoms. The van der Waals surface area contributed by atoms with E-state index in [9.17, 15) is 4.79 Å². The molecule has 0 saturated carbocycles. The lowest BCUT2D eigenvalue weighted by Crippen LogP contribution is -2.34. The van der Waals surface area contributed by atoms with Crippen molar-refractivity contribution in [3.05, 3.63) is 107 Å². The van der Waals surface area contributed by atoms with E-state index in [1.807, 2.05) is 18.2 Å². The Balaban J connectivity index is 0.000000171. The first kappa shape index (κ1) is 19.4. The highest BCUT2D eigenvalue weighted by atomic mass is 16.5. The van der Waals surface area contributed by atoms with Crippen molar-refractivity contribution in [3.8, 4) is 0 Å². The fourth-order valence-electron chi connectivity index (χ4n) is 4.13. The molecule has 0 N–H and O–H groups in total. The monoisotopic (exact) mass is 385 g/mol. The summed E-state index contributed by atoms with van der Waals surface area (Å²) in [4.78, 5) is 13.5. The minimum Gasteiger partial charge on any atom is -0.457 e. The molecular weight excluding hydrogens is 358 g/mol. The van der Waals surface area contributed by atoms with Crippen molar-refractivity contribution in [3.63, 3.8) is 0 Å². The molecule has 5 rings (SSSR count). The number of hydrogen-bond donors (Lipinski definition) is 0. The highest BCUT2D eigenvalue weighted by molar-refractivity contribution is 5.93. The summed E-state index contributed by atoms with van der Waals surface area (Å²) in [6.45, 7) is 2.87. The maximum atomic E-state index is 10.8. The third-order valence-electron chi connectivity index (χ3n) is 5.58. The summed E-state index contributed by atoms with van der Waals surface area (Å²) < 4.78 is 4.78. The molecule has 1 saturated heterocycles. The molecule has 3 aromatic rings. The third-order valence-corrected chi connectivity index (χ3v) is 5.58. The zero-order valence-corrected chi connectivity index (χ0v) is 16.7. The van der Waals surface area contributed by atoms with Gasteiger partial charge in [-0.2, -0.15) is 0 Å². The lowest BCUT2D eigenvalue weighted by atomic mass is 9.95. The summed E-state index contributed by atoms with van der Waals surface area (Å²) in [6.07, 6.45) is 4.04. The number of hydrogen-bond acceptors (Lipinski definition) is 3. The molecule has 3 nitrogen and oxygen atoms in total. The Bertz CT molecular complexity index is 878. The number of carbonyl (C=O) groups excluding carboxylic acids is 1. The Morgan fingerprint density at radius 1 is 0.690 bits per heavy atom. The van der Waals surface area contributed by atoms with Gasteiger partial charge in [0, 0.05) is 5.56 Å². The summed E-state index contributed by atoms with van der Waals surface area (Å²) in [5.41, 5.74) is 4.53. The lowest BCUT2D eigenvalue weighted by molar-refractivity contribution is 0.0535. The molecule has 3 aromatic carbocycles. The third kappa shape index (κ3) is 4.75. The van der Waals surface area contributed by atoms with Gasteiger partial charge in [-0.05, 0) is 43.1 Å². The lowest BCUT2D eigenvalue weighted by Gasteiger charge is -2.35. The van der Waals surface area contributed by atoms with E-state index in [2.05, 4.69) is 65.6 Å². The normalized spacial score (nSPS) is 16.0. The van der Waals surface area contributed by atoms with Crippen LogP contribution in [0, 0.1) is 0 Å². The molecule has 0 radical (unpaired) electrons. The SMILES string of the molecule is O=C1OCc2ccccc21.c1ccc(C(c2ccccc2)N2CCCCC2)cc1. The zero-order chi connectivity index (χ0) is 19.9. The second kappa shape index (κ2) is 9.53. The standard InChI is InChI=1S/C18H21N.C8H6O2/c1-4-10-16(11-5-1)18(17-12-6-2-7-13-17)19-14-8-3-9-15-19;9-8-7-4-2-1-3-6(7)5-10-8/h1-2,4-7,10-13,18H,3,8-9,14-15H2;1-4H,5H2. The molecule has 2 aliphatic rings. The molecular formula is C26H27NO2. The van der Waals surface area contributed by atoms with Gasteiger partial charge in [0.15, 0.2) is 0 Å². The fourth-order valence-corrected chi connectivity index (χ4v) is 4.13. The van der Waals surface area contributed by atoms with Crippen molar-refractivity contribution < 1.29 is 9.53 Å². The van der Waals surface area contributed by atoms with Gasteiger partial charge in [-0.1, -0.05) is 85.3 Å². The number of ether oxygens (including phenoxy) is 1. The molecule has 0 amide bonds. The van der Waals surface area contributed by atoms with Gasteiger partial charge >= 0.3 is 5.97 Å². The molecule has 3 heteroatoms. The number of rotatable bonds is 3. The number of cyclic esters (lactones) is 1. The first-order valence-corrected chi connectivity index (χ1v) is 10.4. The van der Waals surface area contributed by atoms with E-state index in [-0.39, 0.29) is 5.97 Å². The van der Waals surface area contributed by atoms with Gasteiger partial charge in [-0.25, -0.2) is 4.79 Å². The number of nitrogens with zero attached hydrogens (tertiary/aromatic N) is 1. The summed E-state index contributed by atoms with van der Waals surface area (Å²) in [7, 11) is 0. The fraction of sp³-hybridized carbons (Fsp3) is 0.269. The van der Waals surface area contributed by atoms with Crippen LogP contribution in [0.15, 0.2) is 84.9 Å². The molecule has 2 aliphatic heterocycles. The van der Waals surface area contributed by atoms with E-state index < -0.39 is 0 Å². The van der Waals surface area contributed by atoms with E-state index in [1.165, 1.54) is 43.5 Å². The molecule has 0 atom stereocenters. The summed E-state index contributed by atoms with van der Waals surface area (Å²) >= 11 is 0. The highest BCUT2D eigenvalue weighted by Gasteiger charge is 2.23.